The molecule has 0 amide bonds. The van der Waals surface area contributed by atoms with Gasteiger partial charge >= 0.3 is 0 Å². The highest BCUT2D eigenvalue weighted by atomic mass is 127. The number of aliphatic hydroxyl groups excluding tert-OH is 1. The van der Waals surface area contributed by atoms with Crippen LogP contribution in [0.1, 0.15) is 30.6 Å². The lowest BCUT2D eigenvalue weighted by Gasteiger charge is -2.16. The van der Waals surface area contributed by atoms with Crippen molar-refractivity contribution in [1.82, 2.24) is 10.6 Å². The Kier molecular flexibility index (Phi) is 13.0. The molecular formula is C22H31FIN3O3. The van der Waals surface area contributed by atoms with Gasteiger partial charge in [0.2, 0.25) is 0 Å². The maximum atomic E-state index is 13.1. The van der Waals surface area contributed by atoms with Crippen LogP contribution >= 0.6 is 24.0 Å². The Hall–Kier alpha value is -1.91. The molecule has 0 radical (unpaired) electrons. The Morgan fingerprint density at radius 1 is 1.10 bits per heavy atom. The van der Waals surface area contributed by atoms with E-state index in [1.54, 1.807) is 19.2 Å². The van der Waals surface area contributed by atoms with Gasteiger partial charge in [-0.3, -0.25) is 0 Å². The molecule has 0 fully saturated rings. The molecule has 3 N–H and O–H groups in total. The first-order valence-corrected chi connectivity index (χ1v) is 9.78. The summed E-state index contributed by atoms with van der Waals surface area (Å²) >= 11 is 0. The first-order chi connectivity index (χ1) is 14.1. The maximum absolute atomic E-state index is 13.1. The summed E-state index contributed by atoms with van der Waals surface area (Å²) in [5.74, 6) is 1.07. The predicted octanol–water partition coefficient (Wildman–Crippen LogP) is 3.65. The standard InChI is InChI=1S/C22H30FN3O3.HI/c1-3-29-14-4-13-24-22(25-15-17-5-11-20(28-2)12-6-17)26-16-21(27)18-7-9-19(23)10-8-18;/h5-12,21,27H,3-4,13-16H2,1-2H3,(H2,24,25,26);1H. The minimum atomic E-state index is -0.771. The van der Waals surface area contributed by atoms with Crippen molar-refractivity contribution in [3.8, 4) is 5.75 Å². The number of aliphatic hydroxyl groups is 1. The third-order valence-corrected chi connectivity index (χ3v) is 4.26. The van der Waals surface area contributed by atoms with E-state index in [2.05, 4.69) is 15.6 Å². The van der Waals surface area contributed by atoms with Gasteiger partial charge < -0.3 is 25.2 Å². The third-order valence-electron chi connectivity index (χ3n) is 4.26. The summed E-state index contributed by atoms with van der Waals surface area (Å²) in [6, 6.07) is 13.5. The van der Waals surface area contributed by atoms with Crippen LogP contribution in [-0.4, -0.2) is 44.5 Å². The summed E-state index contributed by atoms with van der Waals surface area (Å²) in [5.41, 5.74) is 1.69. The molecule has 0 aliphatic carbocycles. The second-order valence-electron chi connectivity index (χ2n) is 6.44. The smallest absolute Gasteiger partial charge is 0.191 e. The van der Waals surface area contributed by atoms with Crippen LogP contribution in [0.5, 0.6) is 5.75 Å². The minimum Gasteiger partial charge on any atom is -0.497 e. The largest absolute Gasteiger partial charge is 0.497 e. The van der Waals surface area contributed by atoms with Gasteiger partial charge in [-0.2, -0.15) is 0 Å². The molecule has 30 heavy (non-hydrogen) atoms. The van der Waals surface area contributed by atoms with E-state index in [-0.39, 0.29) is 36.3 Å². The molecule has 2 aromatic carbocycles. The van der Waals surface area contributed by atoms with Gasteiger partial charge in [0.15, 0.2) is 5.96 Å². The molecule has 166 valence electrons. The SMILES string of the molecule is CCOCCCNC(=NCc1ccc(OC)cc1)NCC(O)c1ccc(F)cc1.I. The van der Waals surface area contributed by atoms with Gasteiger partial charge in [-0.1, -0.05) is 24.3 Å². The quantitative estimate of drug-likeness (QED) is 0.179. The predicted molar refractivity (Wildman–Crippen MR) is 128 cm³/mol. The number of nitrogens with one attached hydrogen (secondary N) is 2. The number of hydrogen-bond donors (Lipinski definition) is 3. The first-order valence-electron chi connectivity index (χ1n) is 9.78. The average molecular weight is 531 g/mol. The molecule has 0 saturated carbocycles. The summed E-state index contributed by atoms with van der Waals surface area (Å²) in [6.07, 6.45) is 0.0735. The van der Waals surface area contributed by atoms with Gasteiger partial charge in [0, 0.05) is 26.3 Å². The zero-order valence-electron chi connectivity index (χ0n) is 17.4. The fourth-order valence-electron chi connectivity index (χ4n) is 2.60. The lowest BCUT2D eigenvalue weighted by atomic mass is 10.1. The van der Waals surface area contributed by atoms with Gasteiger partial charge in [0.25, 0.3) is 0 Å². The van der Waals surface area contributed by atoms with Gasteiger partial charge in [-0.05, 0) is 48.7 Å². The molecule has 0 aliphatic heterocycles. The van der Waals surface area contributed by atoms with Gasteiger partial charge in [-0.25, -0.2) is 9.38 Å². The molecule has 8 heteroatoms. The topological polar surface area (TPSA) is 75.1 Å². The Balaban J connectivity index is 0.00000450. The fraction of sp³-hybridized carbons (Fsp3) is 0.409. The number of hydrogen-bond acceptors (Lipinski definition) is 4. The van der Waals surface area contributed by atoms with Crippen molar-refractivity contribution in [2.24, 2.45) is 4.99 Å². The van der Waals surface area contributed by atoms with Crippen LogP contribution in [0.15, 0.2) is 53.5 Å². The van der Waals surface area contributed by atoms with E-state index in [1.807, 2.05) is 31.2 Å². The van der Waals surface area contributed by atoms with Crippen molar-refractivity contribution in [2.45, 2.75) is 26.0 Å². The van der Waals surface area contributed by atoms with Crippen molar-refractivity contribution in [2.75, 3.05) is 33.4 Å². The van der Waals surface area contributed by atoms with Crippen molar-refractivity contribution in [3.05, 3.63) is 65.5 Å². The first kappa shape index (κ1) is 26.1. The van der Waals surface area contributed by atoms with Crippen LogP contribution in [0, 0.1) is 5.82 Å². The fourth-order valence-corrected chi connectivity index (χ4v) is 2.60. The molecule has 0 bridgehead atoms. The summed E-state index contributed by atoms with van der Waals surface area (Å²) in [7, 11) is 1.63. The summed E-state index contributed by atoms with van der Waals surface area (Å²) in [6.45, 7) is 4.77. The maximum Gasteiger partial charge on any atom is 0.191 e. The zero-order chi connectivity index (χ0) is 20.9. The van der Waals surface area contributed by atoms with E-state index in [9.17, 15) is 9.50 Å². The Bertz CT molecular complexity index is 742. The van der Waals surface area contributed by atoms with E-state index in [0.29, 0.717) is 37.8 Å². The highest BCUT2D eigenvalue weighted by Crippen LogP contribution is 2.13. The molecule has 2 rings (SSSR count). The zero-order valence-corrected chi connectivity index (χ0v) is 19.8. The number of aliphatic imine (C=N–C) groups is 1. The second-order valence-corrected chi connectivity index (χ2v) is 6.44. The number of nitrogens with zero attached hydrogens (tertiary/aromatic N) is 1. The van der Waals surface area contributed by atoms with Crippen LogP contribution < -0.4 is 15.4 Å². The Morgan fingerprint density at radius 3 is 2.43 bits per heavy atom. The van der Waals surface area contributed by atoms with Crippen molar-refractivity contribution < 1.29 is 19.0 Å². The van der Waals surface area contributed by atoms with E-state index in [0.717, 1.165) is 17.7 Å². The van der Waals surface area contributed by atoms with Crippen LogP contribution in [-0.2, 0) is 11.3 Å². The summed E-state index contributed by atoms with van der Waals surface area (Å²) in [4.78, 5) is 4.59. The second kappa shape index (κ2) is 15.0. The van der Waals surface area contributed by atoms with Crippen molar-refractivity contribution in [1.29, 1.82) is 0 Å². The molecule has 0 aliphatic rings. The lowest BCUT2D eigenvalue weighted by molar-refractivity contribution is 0.145. The van der Waals surface area contributed by atoms with Crippen LogP contribution in [0.25, 0.3) is 0 Å². The molecule has 0 heterocycles. The van der Waals surface area contributed by atoms with Crippen molar-refractivity contribution >= 4 is 29.9 Å². The molecule has 2 aromatic rings. The molecule has 1 atom stereocenters. The molecule has 0 saturated heterocycles. The van der Waals surface area contributed by atoms with E-state index in [4.69, 9.17) is 9.47 Å². The number of ether oxygens (including phenoxy) is 2. The highest BCUT2D eigenvalue weighted by Gasteiger charge is 2.09. The number of methoxy groups -OCH3 is 1. The summed E-state index contributed by atoms with van der Waals surface area (Å²) < 4.78 is 23.6. The van der Waals surface area contributed by atoms with Crippen LogP contribution in [0.4, 0.5) is 4.39 Å². The number of benzene rings is 2. The van der Waals surface area contributed by atoms with E-state index >= 15 is 0 Å². The molecule has 1 unspecified atom stereocenters. The third kappa shape index (κ3) is 9.73. The van der Waals surface area contributed by atoms with E-state index in [1.165, 1.54) is 12.1 Å². The Morgan fingerprint density at radius 2 is 1.80 bits per heavy atom. The molecule has 6 nitrogen and oxygen atoms in total. The highest BCUT2D eigenvalue weighted by molar-refractivity contribution is 14.0. The molecule has 0 spiro atoms. The van der Waals surface area contributed by atoms with Crippen LogP contribution in [0.2, 0.25) is 0 Å². The summed E-state index contributed by atoms with van der Waals surface area (Å²) in [5, 5.41) is 16.7. The van der Waals surface area contributed by atoms with E-state index < -0.39 is 6.10 Å². The van der Waals surface area contributed by atoms with Gasteiger partial charge in [0.05, 0.1) is 19.8 Å². The molecule has 0 aromatic heterocycles. The number of guanidine groups is 1. The molecular weight excluding hydrogens is 500 g/mol. The van der Waals surface area contributed by atoms with Crippen LogP contribution in [0.3, 0.4) is 0 Å². The normalized spacial score (nSPS) is 12.1. The minimum absolute atomic E-state index is 0. The van der Waals surface area contributed by atoms with Gasteiger partial charge in [-0.15, -0.1) is 24.0 Å². The Labute approximate surface area is 194 Å². The lowest BCUT2D eigenvalue weighted by Crippen LogP contribution is -2.40. The van der Waals surface area contributed by atoms with Crippen molar-refractivity contribution in [3.63, 3.8) is 0 Å². The average Bonchev–Trinajstić information content (AvgIpc) is 2.75. The van der Waals surface area contributed by atoms with Gasteiger partial charge in [0.1, 0.15) is 11.6 Å². The number of rotatable bonds is 11. The number of halogens is 2. The monoisotopic (exact) mass is 531 g/mol.